The molecular formula is C21H16FN3O5S. The van der Waals surface area contributed by atoms with E-state index in [0.29, 0.717) is 22.4 Å². The van der Waals surface area contributed by atoms with Crippen molar-refractivity contribution in [3.05, 3.63) is 76.9 Å². The van der Waals surface area contributed by atoms with Crippen LogP contribution in [-0.2, 0) is 15.3 Å². The fourth-order valence-corrected chi connectivity index (χ4v) is 3.71. The van der Waals surface area contributed by atoms with E-state index in [-0.39, 0.29) is 24.6 Å². The van der Waals surface area contributed by atoms with Crippen molar-refractivity contribution in [2.24, 2.45) is 5.92 Å². The highest BCUT2D eigenvalue weighted by Crippen LogP contribution is 2.26. The standard InChI is InChI=1S/C21H16FN3O5S/c22-14-2-4-15(5-3-14)25-10-13(8-19(25)27)20(28)30-18-11-29-16(9-17(18)26)12-31-21-23-6-1-7-24-21/h1-7,9,11,13H,8,10,12H2/t13-/m0/s1. The Morgan fingerprint density at radius 2 is 1.97 bits per heavy atom. The summed E-state index contributed by atoms with van der Waals surface area (Å²) in [6.07, 6.45) is 4.24. The highest BCUT2D eigenvalue weighted by molar-refractivity contribution is 7.98. The molecular weight excluding hydrogens is 425 g/mol. The molecule has 10 heteroatoms. The molecule has 0 spiro atoms. The van der Waals surface area contributed by atoms with Gasteiger partial charge in [0.1, 0.15) is 17.8 Å². The minimum absolute atomic E-state index is 0.0622. The molecule has 8 nitrogen and oxygen atoms in total. The van der Waals surface area contributed by atoms with Crippen molar-refractivity contribution in [1.29, 1.82) is 0 Å². The fraction of sp³-hybridized carbons (Fsp3) is 0.190. The second-order valence-corrected chi connectivity index (χ2v) is 7.64. The van der Waals surface area contributed by atoms with Crippen LogP contribution < -0.4 is 15.1 Å². The van der Waals surface area contributed by atoms with Gasteiger partial charge in [0.2, 0.25) is 17.1 Å². The number of carbonyl (C=O) groups is 2. The van der Waals surface area contributed by atoms with Crippen molar-refractivity contribution >= 4 is 29.3 Å². The van der Waals surface area contributed by atoms with Crippen molar-refractivity contribution in [2.45, 2.75) is 17.3 Å². The van der Waals surface area contributed by atoms with E-state index in [1.165, 1.54) is 47.0 Å². The number of benzene rings is 1. The summed E-state index contributed by atoms with van der Waals surface area (Å²) in [5.74, 6) is -1.69. The third kappa shape index (κ3) is 4.97. The van der Waals surface area contributed by atoms with E-state index < -0.39 is 23.1 Å². The Hall–Kier alpha value is -3.53. The number of halogens is 1. The number of hydrogen-bond acceptors (Lipinski definition) is 8. The van der Waals surface area contributed by atoms with Crippen LogP contribution in [0.3, 0.4) is 0 Å². The van der Waals surface area contributed by atoms with Crippen LogP contribution in [0.25, 0.3) is 0 Å². The largest absolute Gasteiger partial charge is 0.464 e. The monoisotopic (exact) mass is 441 g/mol. The number of thioether (sulfide) groups is 1. The van der Waals surface area contributed by atoms with Crippen LogP contribution in [0.15, 0.2) is 69.4 Å². The molecule has 0 bridgehead atoms. The molecule has 0 saturated carbocycles. The zero-order chi connectivity index (χ0) is 21.8. The molecule has 1 fully saturated rings. The lowest BCUT2D eigenvalue weighted by Crippen LogP contribution is -2.28. The van der Waals surface area contributed by atoms with Crippen LogP contribution in [0.4, 0.5) is 10.1 Å². The minimum Gasteiger partial charge on any atom is -0.464 e. The van der Waals surface area contributed by atoms with Gasteiger partial charge in [-0.2, -0.15) is 0 Å². The Morgan fingerprint density at radius 1 is 1.23 bits per heavy atom. The molecule has 2 aromatic heterocycles. The zero-order valence-electron chi connectivity index (χ0n) is 16.1. The summed E-state index contributed by atoms with van der Waals surface area (Å²) in [6.45, 7) is 0.0838. The Kier molecular flexibility index (Phi) is 6.08. The lowest BCUT2D eigenvalue weighted by atomic mass is 10.1. The van der Waals surface area contributed by atoms with Crippen molar-refractivity contribution < 1.29 is 23.1 Å². The second kappa shape index (κ2) is 9.09. The smallest absolute Gasteiger partial charge is 0.316 e. The number of hydrogen-bond donors (Lipinski definition) is 0. The minimum atomic E-state index is -0.748. The third-order valence-corrected chi connectivity index (χ3v) is 5.44. The quantitative estimate of drug-likeness (QED) is 0.327. The van der Waals surface area contributed by atoms with Gasteiger partial charge in [0.05, 0.1) is 11.7 Å². The molecule has 1 amide bonds. The van der Waals surface area contributed by atoms with Crippen LogP contribution in [0, 0.1) is 11.7 Å². The molecule has 0 unspecified atom stereocenters. The van der Waals surface area contributed by atoms with Crippen molar-refractivity contribution in [1.82, 2.24) is 9.97 Å². The highest BCUT2D eigenvalue weighted by Gasteiger charge is 2.36. The Bertz CT molecular complexity index is 1150. The fourth-order valence-electron chi connectivity index (χ4n) is 3.01. The number of amides is 1. The van der Waals surface area contributed by atoms with Gasteiger partial charge in [0.25, 0.3) is 0 Å². The van der Waals surface area contributed by atoms with Gasteiger partial charge in [-0.3, -0.25) is 14.4 Å². The second-order valence-electron chi connectivity index (χ2n) is 6.70. The van der Waals surface area contributed by atoms with E-state index in [9.17, 15) is 18.8 Å². The summed E-state index contributed by atoms with van der Waals surface area (Å²) in [5.41, 5.74) is -0.0191. The van der Waals surface area contributed by atoms with Gasteiger partial charge in [0, 0.05) is 37.1 Å². The van der Waals surface area contributed by atoms with Gasteiger partial charge >= 0.3 is 5.97 Å². The summed E-state index contributed by atoms with van der Waals surface area (Å²) in [7, 11) is 0. The van der Waals surface area contributed by atoms with Crippen molar-refractivity contribution in [3.8, 4) is 5.75 Å². The molecule has 31 heavy (non-hydrogen) atoms. The number of nitrogens with zero attached hydrogens (tertiary/aromatic N) is 3. The van der Waals surface area contributed by atoms with Gasteiger partial charge in [-0.1, -0.05) is 11.8 Å². The summed E-state index contributed by atoms with van der Waals surface area (Å²) in [5, 5.41) is 0.539. The lowest BCUT2D eigenvalue weighted by molar-refractivity contribution is -0.139. The van der Waals surface area contributed by atoms with Crippen LogP contribution in [-0.4, -0.2) is 28.4 Å². The third-order valence-electron chi connectivity index (χ3n) is 4.55. The summed E-state index contributed by atoms with van der Waals surface area (Å²) in [4.78, 5) is 46.6. The number of carbonyl (C=O) groups excluding carboxylic acids is 2. The summed E-state index contributed by atoms with van der Waals surface area (Å²) >= 11 is 1.29. The molecule has 1 aliphatic heterocycles. The molecule has 0 N–H and O–H groups in total. The van der Waals surface area contributed by atoms with Crippen LogP contribution in [0.1, 0.15) is 12.2 Å². The first kappa shape index (κ1) is 20.7. The average Bonchev–Trinajstić information content (AvgIpc) is 3.17. The Morgan fingerprint density at radius 3 is 2.68 bits per heavy atom. The molecule has 3 heterocycles. The van der Waals surface area contributed by atoms with Gasteiger partial charge in [-0.15, -0.1) is 0 Å². The topological polar surface area (TPSA) is 103 Å². The predicted molar refractivity (Wildman–Crippen MR) is 109 cm³/mol. The first-order valence-corrected chi connectivity index (χ1v) is 10.3. The van der Waals surface area contributed by atoms with Gasteiger partial charge in [-0.05, 0) is 30.3 Å². The maximum atomic E-state index is 13.1. The van der Waals surface area contributed by atoms with Gasteiger partial charge in [0.15, 0.2) is 5.16 Å². The van der Waals surface area contributed by atoms with Crippen molar-refractivity contribution in [3.63, 3.8) is 0 Å². The van der Waals surface area contributed by atoms with E-state index in [4.69, 9.17) is 9.15 Å². The summed E-state index contributed by atoms with van der Waals surface area (Å²) < 4.78 is 23.7. The Labute approximate surface area is 180 Å². The zero-order valence-corrected chi connectivity index (χ0v) is 16.9. The molecule has 1 aliphatic rings. The lowest BCUT2D eigenvalue weighted by Gasteiger charge is -2.16. The van der Waals surface area contributed by atoms with Crippen LogP contribution >= 0.6 is 11.8 Å². The molecule has 4 rings (SSSR count). The number of esters is 1. The van der Waals surface area contributed by atoms with E-state index in [1.807, 2.05) is 0 Å². The van der Waals surface area contributed by atoms with Crippen LogP contribution in [0.5, 0.6) is 5.75 Å². The number of rotatable bonds is 6. The first-order valence-electron chi connectivity index (χ1n) is 9.29. The molecule has 3 aromatic rings. The molecule has 1 aromatic carbocycles. The SMILES string of the molecule is O=C(Oc1coc(CSc2ncccn2)cc1=O)[C@H]1CC(=O)N(c2ccc(F)cc2)C1. The van der Waals surface area contributed by atoms with E-state index in [1.54, 1.807) is 18.5 Å². The molecule has 0 aliphatic carbocycles. The summed E-state index contributed by atoms with van der Waals surface area (Å²) in [6, 6.07) is 8.35. The predicted octanol–water partition coefficient (Wildman–Crippen LogP) is 2.82. The molecule has 0 radical (unpaired) electrons. The highest BCUT2D eigenvalue weighted by atomic mass is 32.2. The van der Waals surface area contributed by atoms with Crippen molar-refractivity contribution in [2.75, 3.05) is 11.4 Å². The van der Waals surface area contributed by atoms with Gasteiger partial charge in [-0.25, -0.2) is 14.4 Å². The van der Waals surface area contributed by atoms with E-state index in [2.05, 4.69) is 9.97 Å². The normalized spacial score (nSPS) is 15.8. The Balaban J connectivity index is 1.37. The molecule has 158 valence electrons. The first-order chi connectivity index (χ1) is 15.0. The number of aromatic nitrogens is 2. The maximum Gasteiger partial charge on any atom is 0.316 e. The van der Waals surface area contributed by atoms with E-state index in [0.717, 1.165) is 6.26 Å². The van der Waals surface area contributed by atoms with Gasteiger partial charge < -0.3 is 14.1 Å². The average molecular weight is 441 g/mol. The van der Waals surface area contributed by atoms with E-state index >= 15 is 0 Å². The maximum absolute atomic E-state index is 13.1. The number of ether oxygens (including phenoxy) is 1. The number of anilines is 1. The molecule has 1 saturated heterocycles. The van der Waals surface area contributed by atoms with Crippen LogP contribution in [0.2, 0.25) is 0 Å². The molecule has 1 atom stereocenters.